The van der Waals surface area contributed by atoms with Crippen molar-refractivity contribution in [2.24, 2.45) is 0 Å². The van der Waals surface area contributed by atoms with Crippen LogP contribution in [-0.2, 0) is 4.79 Å². The van der Waals surface area contributed by atoms with E-state index in [9.17, 15) is 0 Å². The van der Waals surface area contributed by atoms with Crippen molar-refractivity contribution in [3.8, 4) is 28.0 Å². The van der Waals surface area contributed by atoms with Gasteiger partial charge in [0.1, 0.15) is 11.1 Å². The van der Waals surface area contributed by atoms with Gasteiger partial charge in [0, 0.05) is 30.4 Å². The number of nitrogens with zero attached hydrogens (tertiary/aromatic N) is 7. The van der Waals surface area contributed by atoms with E-state index in [0.29, 0.717) is 11.5 Å². The predicted molar refractivity (Wildman–Crippen MR) is 166 cm³/mol. The number of likely N-dealkylation sites (tertiary alicyclic amines) is 1. The summed E-state index contributed by atoms with van der Waals surface area (Å²) in [5, 5.41) is 34.8. The first-order chi connectivity index (χ1) is 19.8. The number of aromatic nitrogens is 5. The molecule has 5 heterocycles. The third-order valence-electron chi connectivity index (χ3n) is 6.53. The monoisotopic (exact) mass is 578 g/mol. The van der Waals surface area contributed by atoms with Crippen molar-refractivity contribution < 1.29 is 9.90 Å². The Morgan fingerprint density at radius 1 is 1.10 bits per heavy atom. The fourth-order valence-electron chi connectivity index (χ4n) is 4.53. The van der Waals surface area contributed by atoms with Crippen LogP contribution in [-0.4, -0.2) is 67.0 Å². The van der Waals surface area contributed by atoms with Crippen LogP contribution in [0.25, 0.3) is 27.5 Å². The first-order valence-electron chi connectivity index (χ1n) is 14.0. The van der Waals surface area contributed by atoms with Crippen molar-refractivity contribution in [3.05, 3.63) is 47.2 Å². The van der Waals surface area contributed by atoms with Crippen molar-refractivity contribution in [2.45, 2.75) is 72.8 Å². The van der Waals surface area contributed by atoms with Crippen molar-refractivity contribution >= 4 is 29.0 Å². The summed E-state index contributed by atoms with van der Waals surface area (Å²) in [6.45, 7) is 16.8. The second kappa shape index (κ2) is 15.8. The van der Waals surface area contributed by atoms with Crippen LogP contribution in [0.2, 0.25) is 0 Å². The molecule has 1 aliphatic heterocycles. The summed E-state index contributed by atoms with van der Waals surface area (Å²) >= 11 is 1.67. The van der Waals surface area contributed by atoms with E-state index in [1.807, 2.05) is 65.2 Å². The number of pyridine rings is 1. The molecule has 4 aromatic heterocycles. The van der Waals surface area contributed by atoms with Crippen LogP contribution in [0, 0.1) is 11.3 Å². The Labute approximate surface area is 247 Å². The summed E-state index contributed by atoms with van der Waals surface area (Å²) in [6, 6.07) is 9.88. The summed E-state index contributed by atoms with van der Waals surface area (Å²) < 4.78 is 1.80. The maximum Gasteiger partial charge on any atom is 0.290 e. The molecule has 0 spiro atoms. The Balaban J connectivity index is 0.000000775. The Hall–Kier alpha value is -3.88. The Morgan fingerprint density at radius 3 is 2.34 bits per heavy atom. The number of hydrogen-bond acceptors (Lipinski definition) is 9. The first-order valence-corrected chi connectivity index (χ1v) is 14.8. The van der Waals surface area contributed by atoms with Gasteiger partial charge >= 0.3 is 0 Å². The molecule has 0 radical (unpaired) electrons. The molecule has 0 unspecified atom stereocenters. The molecule has 0 aromatic carbocycles. The molecule has 220 valence electrons. The molecule has 1 saturated heterocycles. The van der Waals surface area contributed by atoms with Gasteiger partial charge in [-0.2, -0.15) is 10.4 Å². The van der Waals surface area contributed by atoms with Gasteiger partial charge < -0.3 is 10.4 Å². The van der Waals surface area contributed by atoms with Crippen LogP contribution >= 0.6 is 11.3 Å². The summed E-state index contributed by atoms with van der Waals surface area (Å²) in [7, 11) is 1.90. The predicted octanol–water partition coefficient (Wildman–Crippen LogP) is 6.56. The first kappa shape index (κ1) is 33.3. The highest BCUT2D eigenvalue weighted by Gasteiger charge is 2.29. The van der Waals surface area contributed by atoms with E-state index in [-0.39, 0.29) is 12.0 Å². The molecule has 41 heavy (non-hydrogen) atoms. The van der Waals surface area contributed by atoms with Crippen LogP contribution in [0.1, 0.15) is 77.8 Å². The van der Waals surface area contributed by atoms with Crippen LogP contribution < -0.4 is 5.32 Å². The van der Waals surface area contributed by atoms with E-state index in [1.165, 1.54) is 0 Å². The van der Waals surface area contributed by atoms with Crippen LogP contribution in [0.3, 0.4) is 0 Å². The van der Waals surface area contributed by atoms with E-state index < -0.39 is 0 Å². The maximum atomic E-state index is 9.12. The SMILES string of the molecule is CC.CC.CNc1cc(-c2ccc3cc(C#N)cnn23)ncc1-c1nnc(C2CCN(C(C)(C)C)CC2)s1.O=CO. The molecule has 2 N–H and O–H groups in total. The zero-order valence-corrected chi connectivity index (χ0v) is 26.2. The number of hydrogen-bond donors (Lipinski definition) is 2. The average Bonchev–Trinajstić information content (AvgIpc) is 3.66. The highest BCUT2D eigenvalue weighted by atomic mass is 32.1. The lowest BCUT2D eigenvalue weighted by Crippen LogP contribution is -2.45. The van der Waals surface area contributed by atoms with Crippen molar-refractivity contribution in [1.29, 1.82) is 5.26 Å². The molecular weight excluding hydrogens is 536 g/mol. The Kier molecular flexibility index (Phi) is 12.8. The van der Waals surface area contributed by atoms with Gasteiger partial charge in [-0.05, 0) is 71.0 Å². The standard InChI is InChI=1S/C25H28N8S.2C2H6.CH2O2/c1-25(2,3)32-9-7-17(8-10-32)23-30-31-24(34-23)19-15-28-21(12-20(19)27-4)22-6-5-18-11-16(13-26)14-29-33(18)22;2*1-2;2-1-3/h5-6,11-12,14-15,17H,7-10H2,1-4H3,(H,27,28);2*1-2H3;1H,(H,2,3). The molecule has 11 heteroatoms. The smallest absolute Gasteiger partial charge is 0.290 e. The summed E-state index contributed by atoms with van der Waals surface area (Å²) in [5.41, 5.74) is 5.16. The minimum absolute atomic E-state index is 0.214. The summed E-state index contributed by atoms with van der Waals surface area (Å²) in [4.78, 5) is 15.6. The van der Waals surface area contributed by atoms with Gasteiger partial charge in [-0.25, -0.2) is 4.52 Å². The number of anilines is 1. The second-order valence-corrected chi connectivity index (χ2v) is 10.8. The number of fused-ring (bicyclic) bond motifs is 1. The average molecular weight is 579 g/mol. The van der Waals surface area contributed by atoms with Crippen molar-refractivity contribution in [2.75, 3.05) is 25.5 Å². The van der Waals surface area contributed by atoms with Crippen LogP contribution in [0.15, 0.2) is 36.7 Å². The normalized spacial score (nSPS) is 13.4. The molecular formula is C30H42N8O2S. The molecule has 10 nitrogen and oxygen atoms in total. The van der Waals surface area contributed by atoms with Crippen molar-refractivity contribution in [1.82, 2.24) is 29.7 Å². The van der Waals surface area contributed by atoms with E-state index in [0.717, 1.165) is 64.1 Å². The van der Waals surface area contributed by atoms with E-state index in [1.54, 1.807) is 22.0 Å². The number of nitrogens with one attached hydrogen (secondary N) is 1. The van der Waals surface area contributed by atoms with Gasteiger partial charge in [0.15, 0.2) is 5.01 Å². The lowest BCUT2D eigenvalue weighted by atomic mass is 9.93. The number of nitriles is 1. The molecule has 0 amide bonds. The van der Waals surface area contributed by atoms with E-state index in [4.69, 9.17) is 20.1 Å². The van der Waals surface area contributed by atoms with Gasteiger partial charge in [-0.3, -0.25) is 14.7 Å². The lowest BCUT2D eigenvalue weighted by Gasteiger charge is -2.40. The highest BCUT2D eigenvalue weighted by Crippen LogP contribution is 2.37. The van der Waals surface area contributed by atoms with Gasteiger partial charge in [0.05, 0.1) is 34.2 Å². The number of rotatable bonds is 4. The maximum absolute atomic E-state index is 9.12. The largest absolute Gasteiger partial charge is 0.483 e. The van der Waals surface area contributed by atoms with E-state index in [2.05, 4.69) is 52.4 Å². The highest BCUT2D eigenvalue weighted by molar-refractivity contribution is 7.14. The summed E-state index contributed by atoms with van der Waals surface area (Å²) in [6.07, 6.45) is 5.66. The quantitative estimate of drug-likeness (QED) is 0.258. The van der Waals surface area contributed by atoms with Crippen molar-refractivity contribution in [3.63, 3.8) is 0 Å². The van der Waals surface area contributed by atoms with Gasteiger partial charge in [-0.15, -0.1) is 10.2 Å². The van der Waals surface area contributed by atoms with Crippen LogP contribution in [0.4, 0.5) is 5.69 Å². The second-order valence-electron chi connectivity index (χ2n) is 9.76. The number of carboxylic acid groups (broad SMARTS) is 1. The Bertz CT molecular complexity index is 1430. The zero-order chi connectivity index (χ0) is 30.6. The molecule has 1 fully saturated rings. The van der Waals surface area contributed by atoms with Gasteiger partial charge in [0.25, 0.3) is 6.47 Å². The minimum atomic E-state index is -0.250. The lowest BCUT2D eigenvalue weighted by molar-refractivity contribution is -0.122. The molecule has 0 saturated carbocycles. The fourth-order valence-corrected chi connectivity index (χ4v) is 5.57. The molecule has 0 atom stereocenters. The van der Waals surface area contributed by atoms with Crippen LogP contribution in [0.5, 0.6) is 0 Å². The number of piperidine rings is 1. The van der Waals surface area contributed by atoms with E-state index >= 15 is 0 Å². The molecule has 5 rings (SSSR count). The van der Waals surface area contributed by atoms with Gasteiger partial charge in [0.2, 0.25) is 0 Å². The number of carbonyl (C=O) groups is 1. The summed E-state index contributed by atoms with van der Waals surface area (Å²) in [5.74, 6) is 0.464. The van der Waals surface area contributed by atoms with Gasteiger partial charge in [-0.1, -0.05) is 39.0 Å². The zero-order valence-electron chi connectivity index (χ0n) is 25.3. The third-order valence-corrected chi connectivity index (χ3v) is 7.65. The molecule has 1 aliphatic rings. The minimum Gasteiger partial charge on any atom is -0.483 e. The third kappa shape index (κ3) is 8.08. The molecule has 0 bridgehead atoms. The topological polar surface area (TPSA) is 132 Å². The molecule has 0 aliphatic carbocycles. The molecule has 4 aromatic rings. The fraction of sp³-hybridized carbons (Fsp3) is 0.467. The Morgan fingerprint density at radius 2 is 1.76 bits per heavy atom.